The summed E-state index contributed by atoms with van der Waals surface area (Å²) in [6.07, 6.45) is 1.66. The first-order chi connectivity index (χ1) is 9.61. The van der Waals surface area contributed by atoms with Crippen LogP contribution in [0.2, 0.25) is 0 Å². The van der Waals surface area contributed by atoms with Crippen LogP contribution in [0.25, 0.3) is 0 Å². The molecule has 2 aromatic rings. The molecule has 0 fully saturated rings. The van der Waals surface area contributed by atoms with Crippen molar-refractivity contribution in [1.29, 1.82) is 0 Å². The lowest BCUT2D eigenvalue weighted by Crippen LogP contribution is -2.23. The summed E-state index contributed by atoms with van der Waals surface area (Å²) in [5.74, 6) is 0.440. The minimum Gasteiger partial charge on any atom is -0.481 e. The third kappa shape index (κ3) is 3.36. The Morgan fingerprint density at radius 1 is 1.40 bits per heavy atom. The van der Waals surface area contributed by atoms with Crippen molar-refractivity contribution >= 4 is 21.8 Å². The number of methoxy groups -OCH3 is 1. The summed E-state index contributed by atoms with van der Waals surface area (Å²) in [4.78, 5) is 16.2. The van der Waals surface area contributed by atoms with Gasteiger partial charge in [0, 0.05) is 28.8 Å². The Morgan fingerprint density at radius 3 is 2.95 bits per heavy atom. The number of ether oxygens (including phenoxy) is 1. The second-order valence-electron chi connectivity index (χ2n) is 4.30. The van der Waals surface area contributed by atoms with E-state index in [4.69, 9.17) is 4.74 Å². The number of aromatic nitrogens is 1. The molecule has 0 saturated carbocycles. The molecule has 1 aromatic carbocycles. The zero-order chi connectivity index (χ0) is 14.5. The van der Waals surface area contributed by atoms with Gasteiger partial charge < -0.3 is 10.1 Å². The average Bonchev–Trinajstić information content (AvgIpc) is 2.48. The zero-order valence-electron chi connectivity index (χ0n) is 11.3. The molecule has 0 saturated heterocycles. The van der Waals surface area contributed by atoms with Crippen LogP contribution in [-0.4, -0.2) is 18.0 Å². The monoisotopic (exact) mass is 334 g/mol. The molecule has 0 unspecified atom stereocenters. The maximum atomic E-state index is 12.2. The normalized spacial score (nSPS) is 10.2. The van der Waals surface area contributed by atoms with Gasteiger partial charge in [-0.3, -0.25) is 4.79 Å². The molecule has 1 aromatic heterocycles. The van der Waals surface area contributed by atoms with E-state index >= 15 is 0 Å². The van der Waals surface area contributed by atoms with Gasteiger partial charge in [-0.05, 0) is 36.2 Å². The quantitative estimate of drug-likeness (QED) is 0.934. The molecule has 0 aliphatic rings. The Kier molecular flexibility index (Phi) is 4.74. The van der Waals surface area contributed by atoms with Crippen LogP contribution in [0, 0.1) is 6.92 Å². The van der Waals surface area contributed by atoms with Gasteiger partial charge in [0.15, 0.2) is 0 Å². The smallest absolute Gasteiger partial charge is 0.251 e. The molecule has 1 amide bonds. The van der Waals surface area contributed by atoms with Gasteiger partial charge in [0.2, 0.25) is 5.88 Å². The zero-order valence-corrected chi connectivity index (χ0v) is 12.9. The highest BCUT2D eigenvalue weighted by Crippen LogP contribution is 2.19. The number of nitrogens with zero attached hydrogens (tertiary/aromatic N) is 1. The van der Waals surface area contributed by atoms with Crippen LogP contribution in [0.5, 0.6) is 5.88 Å². The Bertz CT molecular complexity index is 629. The summed E-state index contributed by atoms with van der Waals surface area (Å²) in [5, 5.41) is 2.89. The van der Waals surface area contributed by atoms with E-state index in [1.807, 2.05) is 31.2 Å². The number of carbonyl (C=O) groups is 1. The van der Waals surface area contributed by atoms with Gasteiger partial charge in [0.1, 0.15) is 0 Å². The van der Waals surface area contributed by atoms with Crippen molar-refractivity contribution < 1.29 is 9.53 Å². The fraction of sp³-hybridized carbons (Fsp3) is 0.200. The lowest BCUT2D eigenvalue weighted by molar-refractivity contribution is 0.0950. The number of carbonyl (C=O) groups excluding carboxylic acids is 1. The van der Waals surface area contributed by atoms with E-state index in [9.17, 15) is 4.79 Å². The number of halogens is 1. The summed E-state index contributed by atoms with van der Waals surface area (Å²) in [6.45, 7) is 2.35. The number of rotatable bonds is 4. The molecule has 2 rings (SSSR count). The van der Waals surface area contributed by atoms with Gasteiger partial charge in [0.05, 0.1) is 7.11 Å². The van der Waals surface area contributed by atoms with Gasteiger partial charge in [-0.2, -0.15) is 0 Å². The second kappa shape index (κ2) is 6.52. The van der Waals surface area contributed by atoms with Crippen molar-refractivity contribution in [2.24, 2.45) is 0 Å². The predicted octanol–water partition coefficient (Wildman–Crippen LogP) is 3.09. The van der Waals surface area contributed by atoms with Crippen molar-refractivity contribution in [2.45, 2.75) is 13.5 Å². The van der Waals surface area contributed by atoms with Gasteiger partial charge in [-0.1, -0.05) is 22.0 Å². The van der Waals surface area contributed by atoms with Gasteiger partial charge in [-0.15, -0.1) is 0 Å². The SMILES string of the molecule is COc1cc(CNC(=O)c2cccc(Br)c2C)ccn1. The van der Waals surface area contributed by atoms with Crippen molar-refractivity contribution in [1.82, 2.24) is 10.3 Å². The molecule has 104 valence electrons. The fourth-order valence-corrected chi connectivity index (χ4v) is 2.17. The first-order valence-corrected chi connectivity index (χ1v) is 6.93. The summed E-state index contributed by atoms with van der Waals surface area (Å²) in [6, 6.07) is 9.22. The molecule has 0 aliphatic carbocycles. The molecule has 4 nitrogen and oxygen atoms in total. The number of nitrogens with one attached hydrogen (secondary N) is 1. The van der Waals surface area contributed by atoms with E-state index in [0.717, 1.165) is 15.6 Å². The Labute approximate surface area is 126 Å². The van der Waals surface area contributed by atoms with Crippen molar-refractivity contribution in [2.75, 3.05) is 7.11 Å². The molecule has 1 N–H and O–H groups in total. The Hall–Kier alpha value is -1.88. The third-order valence-electron chi connectivity index (χ3n) is 2.97. The second-order valence-corrected chi connectivity index (χ2v) is 5.16. The first kappa shape index (κ1) is 14.5. The molecule has 0 bridgehead atoms. The Morgan fingerprint density at radius 2 is 2.20 bits per heavy atom. The molecular formula is C15H15BrN2O2. The first-order valence-electron chi connectivity index (χ1n) is 6.14. The van der Waals surface area contributed by atoms with Crippen molar-refractivity contribution in [3.63, 3.8) is 0 Å². The van der Waals surface area contributed by atoms with E-state index in [1.165, 1.54) is 0 Å². The topological polar surface area (TPSA) is 51.2 Å². The number of amides is 1. The highest BCUT2D eigenvalue weighted by atomic mass is 79.9. The lowest BCUT2D eigenvalue weighted by Gasteiger charge is -2.09. The van der Waals surface area contributed by atoms with Crippen LogP contribution in [0.4, 0.5) is 0 Å². The van der Waals surface area contributed by atoms with Gasteiger partial charge in [-0.25, -0.2) is 4.98 Å². The van der Waals surface area contributed by atoms with E-state index in [-0.39, 0.29) is 5.91 Å². The molecule has 5 heteroatoms. The molecule has 20 heavy (non-hydrogen) atoms. The Balaban J connectivity index is 2.06. The van der Waals surface area contributed by atoms with Crippen LogP contribution in [0.1, 0.15) is 21.5 Å². The van der Waals surface area contributed by atoms with E-state index in [2.05, 4.69) is 26.2 Å². The van der Waals surface area contributed by atoms with Crippen LogP contribution >= 0.6 is 15.9 Å². The van der Waals surface area contributed by atoms with Crippen LogP contribution in [-0.2, 0) is 6.54 Å². The molecular weight excluding hydrogens is 320 g/mol. The maximum Gasteiger partial charge on any atom is 0.251 e. The van der Waals surface area contributed by atoms with E-state index < -0.39 is 0 Å². The highest BCUT2D eigenvalue weighted by Gasteiger charge is 2.10. The number of benzene rings is 1. The molecule has 0 aliphatic heterocycles. The summed E-state index contributed by atoms with van der Waals surface area (Å²) >= 11 is 3.42. The summed E-state index contributed by atoms with van der Waals surface area (Å²) in [5.41, 5.74) is 2.54. The predicted molar refractivity (Wildman–Crippen MR) is 80.8 cm³/mol. The maximum absolute atomic E-state index is 12.2. The average molecular weight is 335 g/mol. The number of hydrogen-bond donors (Lipinski definition) is 1. The third-order valence-corrected chi connectivity index (χ3v) is 3.83. The molecule has 0 radical (unpaired) electrons. The van der Waals surface area contributed by atoms with E-state index in [0.29, 0.717) is 18.0 Å². The molecule has 0 atom stereocenters. The highest BCUT2D eigenvalue weighted by molar-refractivity contribution is 9.10. The standard InChI is InChI=1S/C15H15BrN2O2/c1-10-12(4-3-5-13(10)16)15(19)18-9-11-6-7-17-14(8-11)20-2/h3-8H,9H2,1-2H3,(H,18,19). The summed E-state index contributed by atoms with van der Waals surface area (Å²) in [7, 11) is 1.57. The largest absolute Gasteiger partial charge is 0.481 e. The van der Waals surface area contributed by atoms with E-state index in [1.54, 1.807) is 19.4 Å². The fourth-order valence-electron chi connectivity index (χ4n) is 1.80. The van der Waals surface area contributed by atoms with Crippen molar-refractivity contribution in [3.8, 4) is 5.88 Å². The van der Waals surface area contributed by atoms with Crippen LogP contribution in [0.15, 0.2) is 41.0 Å². The number of pyridine rings is 1. The lowest BCUT2D eigenvalue weighted by atomic mass is 10.1. The van der Waals surface area contributed by atoms with Crippen LogP contribution in [0.3, 0.4) is 0 Å². The van der Waals surface area contributed by atoms with Gasteiger partial charge in [0.25, 0.3) is 5.91 Å². The molecule has 0 spiro atoms. The number of hydrogen-bond acceptors (Lipinski definition) is 3. The van der Waals surface area contributed by atoms with Crippen LogP contribution < -0.4 is 10.1 Å². The minimum absolute atomic E-state index is 0.0976. The minimum atomic E-state index is -0.0976. The summed E-state index contributed by atoms with van der Waals surface area (Å²) < 4.78 is 5.98. The van der Waals surface area contributed by atoms with Gasteiger partial charge >= 0.3 is 0 Å². The molecule has 1 heterocycles. The van der Waals surface area contributed by atoms with Crippen molar-refractivity contribution in [3.05, 3.63) is 57.7 Å².